The molecule has 0 radical (unpaired) electrons. The molecule has 94 valence electrons. The van der Waals surface area contributed by atoms with Gasteiger partial charge < -0.3 is 10.5 Å². The predicted molar refractivity (Wildman–Crippen MR) is 77.6 cm³/mol. The first-order valence-corrected chi connectivity index (χ1v) is 6.39. The molecule has 0 amide bonds. The molecule has 0 aliphatic heterocycles. The smallest absolute Gasteiger partial charge is 0.202 e. The minimum Gasteiger partial charge on any atom is -0.497 e. The van der Waals surface area contributed by atoms with E-state index >= 15 is 0 Å². The van der Waals surface area contributed by atoms with E-state index in [4.69, 9.17) is 10.5 Å². The first kappa shape index (κ1) is 12.6. The summed E-state index contributed by atoms with van der Waals surface area (Å²) in [5, 5.41) is 2.83. The maximum Gasteiger partial charge on any atom is 0.202 e. The Morgan fingerprint density at radius 2 is 2.11 bits per heavy atom. The first-order valence-electron chi connectivity index (χ1n) is 5.10. The fraction of sp³-hybridized carbons (Fsp3) is 0.0909. The second-order valence-electron chi connectivity index (χ2n) is 3.38. The highest BCUT2D eigenvalue weighted by atomic mass is 32.1. The van der Waals surface area contributed by atoms with Gasteiger partial charge in [-0.3, -0.25) is 10.9 Å². The fourth-order valence-electron chi connectivity index (χ4n) is 1.34. The average Bonchev–Trinajstić information content (AvgIpc) is 2.85. The van der Waals surface area contributed by atoms with Crippen molar-refractivity contribution in [3.8, 4) is 17.0 Å². The van der Waals surface area contributed by atoms with Gasteiger partial charge in [0.05, 0.1) is 12.8 Å². The number of rotatable bonds is 4. The van der Waals surface area contributed by atoms with E-state index in [0.717, 1.165) is 17.0 Å². The van der Waals surface area contributed by atoms with Crippen LogP contribution in [0.2, 0.25) is 0 Å². The van der Waals surface area contributed by atoms with Crippen LogP contribution in [-0.4, -0.2) is 17.2 Å². The molecule has 0 aliphatic carbocycles. The maximum absolute atomic E-state index is 5.31. The Labute approximate surface area is 114 Å². The van der Waals surface area contributed by atoms with Crippen LogP contribution in [0.15, 0.2) is 29.6 Å². The van der Waals surface area contributed by atoms with Crippen LogP contribution in [0.1, 0.15) is 0 Å². The van der Waals surface area contributed by atoms with Crippen LogP contribution in [0.25, 0.3) is 11.3 Å². The van der Waals surface area contributed by atoms with Crippen molar-refractivity contribution in [3.05, 3.63) is 29.6 Å². The number of nitrogens with one attached hydrogen (secondary N) is 2. The number of thiocarbonyl (C=S) groups is 1. The van der Waals surface area contributed by atoms with Crippen molar-refractivity contribution < 1.29 is 4.74 Å². The second-order valence-corrected chi connectivity index (χ2v) is 4.68. The third kappa shape index (κ3) is 3.08. The lowest BCUT2D eigenvalue weighted by atomic mass is 10.2. The lowest BCUT2D eigenvalue weighted by Gasteiger charge is -2.03. The van der Waals surface area contributed by atoms with Gasteiger partial charge in [0.15, 0.2) is 5.11 Å². The molecular formula is C11H12N4OS2. The normalized spacial score (nSPS) is 9.83. The lowest BCUT2D eigenvalue weighted by molar-refractivity contribution is 0.415. The highest BCUT2D eigenvalue weighted by Gasteiger charge is 2.04. The van der Waals surface area contributed by atoms with Gasteiger partial charge in [0.2, 0.25) is 5.13 Å². The van der Waals surface area contributed by atoms with Gasteiger partial charge in [0.1, 0.15) is 5.75 Å². The monoisotopic (exact) mass is 280 g/mol. The Hall–Kier alpha value is -1.86. The van der Waals surface area contributed by atoms with Crippen LogP contribution in [0.4, 0.5) is 5.13 Å². The summed E-state index contributed by atoms with van der Waals surface area (Å²) in [6.07, 6.45) is 0. The third-order valence-corrected chi connectivity index (χ3v) is 3.04. The van der Waals surface area contributed by atoms with Gasteiger partial charge >= 0.3 is 0 Å². The summed E-state index contributed by atoms with van der Waals surface area (Å²) in [5.74, 6) is 0.822. The molecule has 1 aromatic carbocycles. The molecule has 0 atom stereocenters. The Bertz CT molecular complexity index is 538. The zero-order valence-corrected chi connectivity index (χ0v) is 11.3. The first-order chi connectivity index (χ1) is 8.69. The number of hydrogen-bond donors (Lipinski definition) is 3. The minimum absolute atomic E-state index is 0.177. The lowest BCUT2D eigenvalue weighted by Crippen LogP contribution is -2.33. The summed E-state index contributed by atoms with van der Waals surface area (Å²) in [4.78, 5) is 4.40. The Morgan fingerprint density at radius 3 is 2.72 bits per heavy atom. The van der Waals surface area contributed by atoms with Crippen molar-refractivity contribution in [1.29, 1.82) is 0 Å². The molecule has 2 rings (SSSR count). The van der Waals surface area contributed by atoms with Gasteiger partial charge in [-0.1, -0.05) is 0 Å². The van der Waals surface area contributed by atoms with Gasteiger partial charge in [0, 0.05) is 10.9 Å². The number of hydrogen-bond acceptors (Lipinski definition) is 5. The van der Waals surface area contributed by atoms with Crippen LogP contribution in [0, 0.1) is 0 Å². The fourth-order valence-corrected chi connectivity index (χ4v) is 2.06. The molecule has 0 spiro atoms. The van der Waals surface area contributed by atoms with Crippen molar-refractivity contribution >= 4 is 33.8 Å². The number of ether oxygens (including phenoxy) is 1. The summed E-state index contributed by atoms with van der Waals surface area (Å²) in [6, 6.07) is 7.71. The molecule has 1 aromatic heterocycles. The highest BCUT2D eigenvalue weighted by molar-refractivity contribution is 7.80. The zero-order valence-electron chi connectivity index (χ0n) is 9.64. The molecule has 1 heterocycles. The van der Waals surface area contributed by atoms with Crippen molar-refractivity contribution in [1.82, 2.24) is 10.4 Å². The van der Waals surface area contributed by atoms with Crippen LogP contribution >= 0.6 is 23.6 Å². The number of thiazole rings is 1. The number of nitrogens with two attached hydrogens (primary N) is 1. The molecule has 0 aliphatic rings. The minimum atomic E-state index is 0.177. The average molecular weight is 280 g/mol. The van der Waals surface area contributed by atoms with Gasteiger partial charge in [-0.25, -0.2) is 4.98 Å². The summed E-state index contributed by atoms with van der Waals surface area (Å²) >= 11 is 6.15. The van der Waals surface area contributed by atoms with E-state index in [1.807, 2.05) is 29.6 Å². The summed E-state index contributed by atoms with van der Waals surface area (Å²) in [7, 11) is 1.64. The van der Waals surface area contributed by atoms with E-state index in [-0.39, 0.29) is 5.11 Å². The van der Waals surface area contributed by atoms with Gasteiger partial charge in [-0.2, -0.15) is 0 Å². The van der Waals surface area contributed by atoms with Gasteiger partial charge in [-0.05, 0) is 36.5 Å². The van der Waals surface area contributed by atoms with Crippen LogP contribution in [0.3, 0.4) is 0 Å². The van der Waals surface area contributed by atoms with Crippen molar-refractivity contribution in [2.45, 2.75) is 0 Å². The largest absolute Gasteiger partial charge is 0.497 e. The van der Waals surface area contributed by atoms with Crippen molar-refractivity contribution in [2.75, 3.05) is 12.5 Å². The molecule has 18 heavy (non-hydrogen) atoms. The van der Waals surface area contributed by atoms with E-state index in [1.54, 1.807) is 7.11 Å². The molecule has 7 heteroatoms. The summed E-state index contributed by atoms with van der Waals surface area (Å²) in [6.45, 7) is 0. The van der Waals surface area contributed by atoms with Gasteiger partial charge in [0.25, 0.3) is 0 Å². The maximum atomic E-state index is 5.31. The molecule has 0 unspecified atom stereocenters. The van der Waals surface area contributed by atoms with E-state index < -0.39 is 0 Å². The number of methoxy groups -OCH3 is 1. The number of aromatic nitrogens is 1. The van der Waals surface area contributed by atoms with Crippen molar-refractivity contribution in [2.24, 2.45) is 5.73 Å². The molecule has 0 saturated carbocycles. The Morgan fingerprint density at radius 1 is 1.39 bits per heavy atom. The molecule has 0 bridgehead atoms. The van der Waals surface area contributed by atoms with Crippen molar-refractivity contribution in [3.63, 3.8) is 0 Å². The zero-order chi connectivity index (χ0) is 13.0. The van der Waals surface area contributed by atoms with Crippen LogP contribution in [-0.2, 0) is 0 Å². The van der Waals surface area contributed by atoms with E-state index in [2.05, 4.69) is 28.1 Å². The Balaban J connectivity index is 2.10. The topological polar surface area (TPSA) is 72.2 Å². The molecule has 2 aromatic rings. The SMILES string of the molecule is COc1ccc(-c2csc(NNC(N)=S)n2)cc1. The standard InChI is InChI=1S/C11H12N4OS2/c1-16-8-4-2-7(3-5-8)9-6-18-11(13-9)15-14-10(12)17/h2-6H,1H3,(H,13,15)(H3,12,14,17). The second kappa shape index (κ2) is 5.65. The third-order valence-electron chi connectivity index (χ3n) is 2.18. The predicted octanol–water partition coefficient (Wildman–Crippen LogP) is 1.98. The molecule has 5 nitrogen and oxygen atoms in total. The number of benzene rings is 1. The summed E-state index contributed by atoms with van der Waals surface area (Å²) in [5.41, 5.74) is 12.7. The molecular weight excluding hydrogens is 268 g/mol. The quantitative estimate of drug-likeness (QED) is 0.587. The summed E-state index contributed by atoms with van der Waals surface area (Å²) < 4.78 is 5.11. The highest BCUT2D eigenvalue weighted by Crippen LogP contribution is 2.25. The van der Waals surface area contributed by atoms with Gasteiger partial charge in [-0.15, -0.1) is 11.3 Å². The number of anilines is 1. The molecule has 4 N–H and O–H groups in total. The van der Waals surface area contributed by atoms with Crippen LogP contribution < -0.4 is 21.3 Å². The molecule has 0 fully saturated rings. The Kier molecular flexibility index (Phi) is 3.96. The van der Waals surface area contributed by atoms with Crippen LogP contribution in [0.5, 0.6) is 5.75 Å². The van der Waals surface area contributed by atoms with E-state index in [0.29, 0.717) is 5.13 Å². The van der Waals surface area contributed by atoms with E-state index in [9.17, 15) is 0 Å². The number of hydrazine groups is 1. The molecule has 0 saturated heterocycles. The number of nitrogens with zero attached hydrogens (tertiary/aromatic N) is 1. The van der Waals surface area contributed by atoms with E-state index in [1.165, 1.54) is 11.3 Å².